The van der Waals surface area contributed by atoms with Crippen LogP contribution in [0.1, 0.15) is 25.7 Å². The zero-order valence-electron chi connectivity index (χ0n) is 12.0. The summed E-state index contributed by atoms with van der Waals surface area (Å²) in [4.78, 5) is 0. The number of rotatable bonds is 4. The Morgan fingerprint density at radius 3 is 2.24 bits per heavy atom. The highest BCUT2D eigenvalue weighted by Crippen LogP contribution is 2.25. The number of aliphatic hydroxyl groups is 1. The van der Waals surface area contributed by atoms with Crippen LogP contribution in [0.25, 0.3) is 0 Å². The second-order valence-corrected chi connectivity index (χ2v) is 5.54. The second-order valence-electron chi connectivity index (χ2n) is 5.54. The van der Waals surface area contributed by atoms with Crippen molar-refractivity contribution in [2.24, 2.45) is 0 Å². The van der Waals surface area contributed by atoms with E-state index in [-0.39, 0.29) is 12.1 Å². The maximum atomic E-state index is 9.99. The van der Waals surface area contributed by atoms with E-state index >= 15 is 0 Å². The number of benzene rings is 2. The molecule has 3 nitrogen and oxygen atoms in total. The molecule has 1 aliphatic carbocycles. The molecule has 3 heteroatoms. The van der Waals surface area contributed by atoms with Crippen molar-refractivity contribution in [1.82, 2.24) is 0 Å². The number of hydrogen-bond donors (Lipinski definition) is 2. The molecule has 0 radical (unpaired) electrons. The molecular weight excluding hydrogens is 262 g/mol. The van der Waals surface area contributed by atoms with Gasteiger partial charge >= 0.3 is 0 Å². The van der Waals surface area contributed by atoms with Crippen molar-refractivity contribution < 1.29 is 9.84 Å². The average molecular weight is 283 g/mol. The van der Waals surface area contributed by atoms with E-state index in [1.807, 2.05) is 54.6 Å². The van der Waals surface area contributed by atoms with E-state index in [2.05, 4.69) is 5.32 Å². The van der Waals surface area contributed by atoms with E-state index in [1.54, 1.807) is 0 Å². The van der Waals surface area contributed by atoms with E-state index in [9.17, 15) is 5.11 Å². The minimum absolute atomic E-state index is 0.166. The third-order valence-electron chi connectivity index (χ3n) is 3.91. The molecule has 110 valence electrons. The normalized spacial score (nSPS) is 21.8. The van der Waals surface area contributed by atoms with Gasteiger partial charge in [-0.1, -0.05) is 31.0 Å². The van der Waals surface area contributed by atoms with E-state index in [0.717, 1.165) is 36.4 Å². The van der Waals surface area contributed by atoms with Crippen LogP contribution in [0.15, 0.2) is 54.6 Å². The fraction of sp³-hybridized carbons (Fsp3) is 0.333. The van der Waals surface area contributed by atoms with Gasteiger partial charge in [0.25, 0.3) is 0 Å². The Morgan fingerprint density at radius 1 is 0.857 bits per heavy atom. The van der Waals surface area contributed by atoms with Gasteiger partial charge in [-0.15, -0.1) is 0 Å². The maximum Gasteiger partial charge on any atom is 0.127 e. The monoisotopic (exact) mass is 283 g/mol. The van der Waals surface area contributed by atoms with Crippen LogP contribution >= 0.6 is 0 Å². The SMILES string of the molecule is O[C@H]1CCCC[C@@H]1Nc1ccc(Oc2ccccc2)cc1. The summed E-state index contributed by atoms with van der Waals surface area (Å²) in [6.07, 6.45) is 4.00. The van der Waals surface area contributed by atoms with Crippen molar-refractivity contribution in [3.05, 3.63) is 54.6 Å². The van der Waals surface area contributed by atoms with Crippen LogP contribution in [-0.2, 0) is 0 Å². The van der Waals surface area contributed by atoms with Crippen LogP contribution in [0.4, 0.5) is 5.69 Å². The molecule has 21 heavy (non-hydrogen) atoms. The predicted octanol–water partition coefficient (Wildman–Crippen LogP) is 4.19. The van der Waals surface area contributed by atoms with Crippen molar-refractivity contribution >= 4 is 5.69 Å². The zero-order valence-corrected chi connectivity index (χ0v) is 12.0. The summed E-state index contributed by atoms with van der Waals surface area (Å²) >= 11 is 0. The fourth-order valence-corrected chi connectivity index (χ4v) is 2.74. The summed E-state index contributed by atoms with van der Waals surface area (Å²) in [6.45, 7) is 0. The molecular formula is C18H21NO2. The van der Waals surface area contributed by atoms with Crippen molar-refractivity contribution in [1.29, 1.82) is 0 Å². The first kappa shape index (κ1) is 14.0. The third-order valence-corrected chi connectivity index (χ3v) is 3.91. The van der Waals surface area contributed by atoms with Gasteiger partial charge in [0, 0.05) is 5.69 Å². The van der Waals surface area contributed by atoms with Crippen LogP contribution in [-0.4, -0.2) is 17.3 Å². The lowest BCUT2D eigenvalue weighted by Gasteiger charge is -2.29. The quantitative estimate of drug-likeness (QED) is 0.884. The molecule has 0 aromatic heterocycles. The van der Waals surface area contributed by atoms with Crippen LogP contribution in [0.2, 0.25) is 0 Å². The number of nitrogens with one attached hydrogen (secondary N) is 1. The highest BCUT2D eigenvalue weighted by Gasteiger charge is 2.22. The van der Waals surface area contributed by atoms with Gasteiger partial charge in [-0.25, -0.2) is 0 Å². The zero-order chi connectivity index (χ0) is 14.5. The molecule has 0 unspecified atom stereocenters. The smallest absolute Gasteiger partial charge is 0.127 e. The molecule has 1 aliphatic rings. The molecule has 2 aromatic rings. The second kappa shape index (κ2) is 6.64. The van der Waals surface area contributed by atoms with Crippen molar-refractivity contribution in [3.8, 4) is 11.5 Å². The third kappa shape index (κ3) is 3.76. The molecule has 0 amide bonds. The summed E-state index contributed by atoms with van der Waals surface area (Å²) in [6, 6.07) is 17.8. The van der Waals surface area contributed by atoms with Gasteiger partial charge in [0.15, 0.2) is 0 Å². The van der Waals surface area contributed by atoms with E-state index in [0.29, 0.717) is 0 Å². The molecule has 0 spiro atoms. The summed E-state index contributed by atoms with van der Waals surface area (Å²) in [5.41, 5.74) is 1.03. The standard InChI is InChI=1S/C18H21NO2/c20-18-9-5-4-8-17(18)19-14-10-12-16(13-11-14)21-15-6-2-1-3-7-15/h1-3,6-7,10-13,17-20H,4-5,8-9H2/t17-,18-/m0/s1. The van der Waals surface area contributed by atoms with Gasteiger partial charge in [0.1, 0.15) is 11.5 Å². The largest absolute Gasteiger partial charge is 0.457 e. The van der Waals surface area contributed by atoms with Gasteiger partial charge in [-0.3, -0.25) is 0 Å². The summed E-state index contributed by atoms with van der Waals surface area (Å²) < 4.78 is 5.77. The molecule has 2 atom stereocenters. The highest BCUT2D eigenvalue weighted by atomic mass is 16.5. The Hall–Kier alpha value is -2.00. The number of ether oxygens (including phenoxy) is 1. The number of anilines is 1. The number of hydrogen-bond acceptors (Lipinski definition) is 3. The van der Waals surface area contributed by atoms with Gasteiger partial charge in [-0.2, -0.15) is 0 Å². The lowest BCUT2D eigenvalue weighted by atomic mass is 9.92. The Bertz CT molecular complexity index is 553. The summed E-state index contributed by atoms with van der Waals surface area (Å²) in [5, 5.41) is 13.4. The summed E-state index contributed by atoms with van der Waals surface area (Å²) in [5.74, 6) is 1.65. The van der Waals surface area contributed by atoms with Crippen molar-refractivity contribution in [2.75, 3.05) is 5.32 Å². The Balaban J connectivity index is 1.61. The molecule has 2 N–H and O–H groups in total. The van der Waals surface area contributed by atoms with Crippen LogP contribution in [0.5, 0.6) is 11.5 Å². The molecule has 1 fully saturated rings. The first-order valence-electron chi connectivity index (χ1n) is 7.59. The van der Waals surface area contributed by atoms with E-state index < -0.39 is 0 Å². The lowest BCUT2D eigenvalue weighted by molar-refractivity contribution is 0.116. The number of aliphatic hydroxyl groups excluding tert-OH is 1. The van der Waals surface area contributed by atoms with Crippen LogP contribution < -0.4 is 10.1 Å². The lowest BCUT2D eigenvalue weighted by Crippen LogP contribution is -2.36. The van der Waals surface area contributed by atoms with Crippen molar-refractivity contribution in [2.45, 2.75) is 37.8 Å². The Kier molecular flexibility index (Phi) is 4.41. The first-order valence-corrected chi connectivity index (χ1v) is 7.59. The molecule has 0 bridgehead atoms. The summed E-state index contributed by atoms with van der Waals surface area (Å²) in [7, 11) is 0. The molecule has 0 aliphatic heterocycles. The van der Waals surface area contributed by atoms with Gasteiger partial charge < -0.3 is 15.2 Å². The predicted molar refractivity (Wildman–Crippen MR) is 84.8 cm³/mol. The molecule has 1 saturated carbocycles. The van der Waals surface area contributed by atoms with Crippen molar-refractivity contribution in [3.63, 3.8) is 0 Å². The maximum absolute atomic E-state index is 9.99. The minimum atomic E-state index is -0.237. The molecule has 3 rings (SSSR count). The molecule has 2 aromatic carbocycles. The first-order chi connectivity index (χ1) is 10.3. The van der Waals surface area contributed by atoms with Gasteiger partial charge in [0.05, 0.1) is 12.1 Å². The van der Waals surface area contributed by atoms with Gasteiger partial charge in [-0.05, 0) is 49.2 Å². The van der Waals surface area contributed by atoms with E-state index in [4.69, 9.17) is 4.74 Å². The highest BCUT2D eigenvalue weighted by molar-refractivity contribution is 5.48. The Morgan fingerprint density at radius 2 is 1.52 bits per heavy atom. The molecule has 0 saturated heterocycles. The van der Waals surface area contributed by atoms with E-state index in [1.165, 1.54) is 6.42 Å². The van der Waals surface area contributed by atoms with Gasteiger partial charge in [0.2, 0.25) is 0 Å². The average Bonchev–Trinajstić information content (AvgIpc) is 2.52. The minimum Gasteiger partial charge on any atom is -0.457 e. The van der Waals surface area contributed by atoms with Crippen LogP contribution in [0, 0.1) is 0 Å². The van der Waals surface area contributed by atoms with Crippen LogP contribution in [0.3, 0.4) is 0 Å². The number of para-hydroxylation sites is 1. The fourth-order valence-electron chi connectivity index (χ4n) is 2.74. The Labute approximate surface area is 125 Å². The topological polar surface area (TPSA) is 41.5 Å². The molecule has 0 heterocycles.